The number of ether oxygens (including phenoxy) is 1. The quantitative estimate of drug-likeness (QED) is 0.924. The summed E-state index contributed by atoms with van der Waals surface area (Å²) in [5, 5.41) is 3.96. The van der Waals surface area contributed by atoms with Gasteiger partial charge in [0.05, 0.1) is 12.7 Å². The summed E-state index contributed by atoms with van der Waals surface area (Å²) in [6, 6.07) is 6.07. The molecule has 2 N–H and O–H groups in total. The molecule has 1 unspecified atom stereocenters. The Labute approximate surface area is 118 Å². The third kappa shape index (κ3) is 1.96. The van der Waals surface area contributed by atoms with Crippen LogP contribution in [0, 0.1) is 12.3 Å². The second-order valence-corrected chi connectivity index (χ2v) is 6.24. The van der Waals surface area contributed by atoms with Crippen molar-refractivity contribution in [2.24, 2.45) is 5.41 Å². The van der Waals surface area contributed by atoms with E-state index in [9.17, 15) is 0 Å². The molecule has 4 nitrogen and oxygen atoms in total. The highest BCUT2D eigenvalue weighted by Gasteiger charge is 2.50. The number of nitrogen functional groups attached to an aromatic ring is 1. The van der Waals surface area contributed by atoms with Crippen molar-refractivity contribution in [3.63, 3.8) is 0 Å². The Hall–Kier alpha value is -1.97. The van der Waals surface area contributed by atoms with Gasteiger partial charge in [-0.05, 0) is 36.0 Å². The van der Waals surface area contributed by atoms with Gasteiger partial charge in [-0.3, -0.25) is 0 Å². The fourth-order valence-corrected chi connectivity index (χ4v) is 2.73. The maximum Gasteiger partial charge on any atom is 0.175 e. The van der Waals surface area contributed by atoms with Gasteiger partial charge in [0.1, 0.15) is 11.5 Å². The van der Waals surface area contributed by atoms with Crippen LogP contribution < -0.4 is 10.5 Å². The minimum Gasteiger partial charge on any atom is -0.496 e. The Bertz CT molecular complexity index is 658. The lowest BCUT2D eigenvalue weighted by Crippen LogP contribution is -1.94. The number of rotatable bonds is 3. The zero-order valence-electron chi connectivity index (χ0n) is 12.4. The van der Waals surface area contributed by atoms with E-state index < -0.39 is 0 Å². The van der Waals surface area contributed by atoms with E-state index in [4.69, 9.17) is 15.0 Å². The molecule has 1 heterocycles. The molecule has 0 saturated heterocycles. The molecule has 1 atom stereocenters. The number of nitrogens with zero attached hydrogens (tertiary/aromatic N) is 1. The molecule has 1 aliphatic rings. The number of hydrogen-bond donors (Lipinski definition) is 1. The van der Waals surface area contributed by atoms with Crippen LogP contribution in [0.2, 0.25) is 0 Å². The van der Waals surface area contributed by atoms with E-state index in [2.05, 4.69) is 19.0 Å². The summed E-state index contributed by atoms with van der Waals surface area (Å²) in [6.45, 7) is 6.48. The zero-order chi connectivity index (χ0) is 14.5. The standard InChI is InChI=1S/C16H20N2O2/c1-9-5-6-10(7-12(9)19-4)13-14(20-18-15(13)17)11-8-16(11,2)3/h5-7,11H,8H2,1-4H3,(H2,17,18). The summed E-state index contributed by atoms with van der Waals surface area (Å²) >= 11 is 0. The topological polar surface area (TPSA) is 61.3 Å². The van der Waals surface area contributed by atoms with Crippen LogP contribution in [-0.2, 0) is 0 Å². The first kappa shape index (κ1) is 13.0. The van der Waals surface area contributed by atoms with Gasteiger partial charge in [0.2, 0.25) is 0 Å². The molecule has 0 spiro atoms. The molecular weight excluding hydrogens is 252 g/mol. The molecule has 2 aromatic rings. The smallest absolute Gasteiger partial charge is 0.175 e. The molecule has 106 valence electrons. The number of hydrogen-bond acceptors (Lipinski definition) is 4. The Morgan fingerprint density at radius 3 is 2.70 bits per heavy atom. The Balaban J connectivity index is 2.08. The van der Waals surface area contributed by atoms with Crippen LogP contribution in [0.3, 0.4) is 0 Å². The van der Waals surface area contributed by atoms with Crippen molar-refractivity contribution >= 4 is 5.82 Å². The summed E-state index contributed by atoms with van der Waals surface area (Å²) in [6.07, 6.45) is 1.11. The molecule has 1 saturated carbocycles. The lowest BCUT2D eigenvalue weighted by atomic mass is 9.99. The zero-order valence-corrected chi connectivity index (χ0v) is 12.4. The predicted molar refractivity (Wildman–Crippen MR) is 78.8 cm³/mol. The Kier molecular flexibility index (Phi) is 2.78. The SMILES string of the molecule is COc1cc(-c2c(N)noc2C2CC2(C)C)ccc1C. The molecule has 3 rings (SSSR count). The van der Waals surface area contributed by atoms with Crippen LogP contribution in [-0.4, -0.2) is 12.3 Å². The van der Waals surface area contributed by atoms with E-state index in [1.807, 2.05) is 25.1 Å². The fraction of sp³-hybridized carbons (Fsp3) is 0.438. The number of benzene rings is 1. The van der Waals surface area contributed by atoms with Gasteiger partial charge in [-0.1, -0.05) is 31.1 Å². The van der Waals surface area contributed by atoms with Crippen LogP contribution in [0.5, 0.6) is 5.75 Å². The third-order valence-electron chi connectivity index (χ3n) is 4.27. The molecule has 0 amide bonds. The summed E-state index contributed by atoms with van der Waals surface area (Å²) in [4.78, 5) is 0. The van der Waals surface area contributed by atoms with E-state index in [0.29, 0.717) is 11.7 Å². The molecule has 1 fully saturated rings. The van der Waals surface area contributed by atoms with Gasteiger partial charge < -0.3 is 15.0 Å². The van der Waals surface area contributed by atoms with E-state index >= 15 is 0 Å². The van der Waals surface area contributed by atoms with Gasteiger partial charge in [-0.25, -0.2) is 0 Å². The molecule has 1 aromatic carbocycles. The third-order valence-corrected chi connectivity index (χ3v) is 4.27. The van der Waals surface area contributed by atoms with Crippen molar-refractivity contribution < 1.29 is 9.26 Å². The molecule has 1 aromatic heterocycles. The summed E-state index contributed by atoms with van der Waals surface area (Å²) in [5.41, 5.74) is 9.30. The van der Waals surface area contributed by atoms with Crippen LogP contribution >= 0.6 is 0 Å². The van der Waals surface area contributed by atoms with Gasteiger partial charge >= 0.3 is 0 Å². The van der Waals surface area contributed by atoms with Crippen LogP contribution in [0.15, 0.2) is 22.7 Å². The largest absolute Gasteiger partial charge is 0.496 e. The maximum absolute atomic E-state index is 6.01. The molecule has 4 heteroatoms. The van der Waals surface area contributed by atoms with Crippen LogP contribution in [0.4, 0.5) is 5.82 Å². The first-order chi connectivity index (χ1) is 9.44. The summed E-state index contributed by atoms with van der Waals surface area (Å²) in [5.74, 6) is 2.60. The van der Waals surface area contributed by atoms with Crippen molar-refractivity contribution in [3.8, 4) is 16.9 Å². The molecular formula is C16H20N2O2. The first-order valence-corrected chi connectivity index (χ1v) is 6.84. The number of methoxy groups -OCH3 is 1. The highest BCUT2D eigenvalue weighted by Crippen LogP contribution is 2.60. The lowest BCUT2D eigenvalue weighted by Gasteiger charge is -2.08. The maximum atomic E-state index is 6.01. The number of aryl methyl sites for hydroxylation is 1. The molecule has 0 bridgehead atoms. The Morgan fingerprint density at radius 1 is 1.40 bits per heavy atom. The minimum atomic E-state index is 0.273. The number of aromatic nitrogens is 1. The molecule has 0 radical (unpaired) electrons. The average molecular weight is 272 g/mol. The molecule has 0 aliphatic heterocycles. The van der Waals surface area contributed by atoms with Gasteiger partial charge in [0.25, 0.3) is 0 Å². The van der Waals surface area contributed by atoms with Crippen LogP contribution in [0.1, 0.15) is 37.5 Å². The molecule has 1 aliphatic carbocycles. The van der Waals surface area contributed by atoms with E-state index in [1.165, 1.54) is 0 Å². The fourth-order valence-electron chi connectivity index (χ4n) is 2.73. The Morgan fingerprint density at radius 2 is 2.10 bits per heavy atom. The van der Waals surface area contributed by atoms with Gasteiger partial charge in [0.15, 0.2) is 5.82 Å². The van der Waals surface area contributed by atoms with Crippen molar-refractivity contribution in [1.82, 2.24) is 5.16 Å². The van der Waals surface area contributed by atoms with Crippen molar-refractivity contribution in [3.05, 3.63) is 29.5 Å². The van der Waals surface area contributed by atoms with E-state index in [0.717, 1.165) is 34.6 Å². The second kappa shape index (κ2) is 4.27. The number of anilines is 1. The minimum absolute atomic E-state index is 0.273. The van der Waals surface area contributed by atoms with Crippen molar-refractivity contribution in [1.29, 1.82) is 0 Å². The average Bonchev–Trinajstić information content (AvgIpc) is 2.87. The van der Waals surface area contributed by atoms with E-state index in [-0.39, 0.29) is 5.41 Å². The highest BCUT2D eigenvalue weighted by molar-refractivity contribution is 5.77. The van der Waals surface area contributed by atoms with Crippen LogP contribution in [0.25, 0.3) is 11.1 Å². The second-order valence-electron chi connectivity index (χ2n) is 6.24. The molecule has 20 heavy (non-hydrogen) atoms. The lowest BCUT2D eigenvalue weighted by molar-refractivity contribution is 0.376. The van der Waals surface area contributed by atoms with E-state index in [1.54, 1.807) is 7.11 Å². The predicted octanol–water partition coefficient (Wildman–Crippen LogP) is 3.75. The first-order valence-electron chi connectivity index (χ1n) is 6.84. The van der Waals surface area contributed by atoms with Crippen molar-refractivity contribution in [2.75, 3.05) is 12.8 Å². The highest BCUT2D eigenvalue weighted by atomic mass is 16.5. The van der Waals surface area contributed by atoms with Gasteiger partial charge in [-0.15, -0.1) is 0 Å². The van der Waals surface area contributed by atoms with Gasteiger partial charge in [-0.2, -0.15) is 0 Å². The summed E-state index contributed by atoms with van der Waals surface area (Å²) < 4.78 is 10.9. The monoisotopic (exact) mass is 272 g/mol. The number of nitrogens with two attached hydrogens (primary N) is 1. The van der Waals surface area contributed by atoms with Gasteiger partial charge in [0, 0.05) is 5.92 Å². The van der Waals surface area contributed by atoms with Crippen molar-refractivity contribution in [2.45, 2.75) is 33.1 Å². The normalized spacial score (nSPS) is 19.9. The summed E-state index contributed by atoms with van der Waals surface area (Å²) in [7, 11) is 1.67.